The number of nitrogens with zero attached hydrogens (tertiary/aromatic N) is 2. The van der Waals surface area contributed by atoms with Gasteiger partial charge in [-0.2, -0.15) is 4.37 Å². The fraction of sp³-hybridized carbons (Fsp3) is 0.833. The van der Waals surface area contributed by atoms with Gasteiger partial charge in [-0.25, -0.2) is 4.98 Å². The number of ether oxygens (including phenoxy) is 1. The van der Waals surface area contributed by atoms with E-state index in [2.05, 4.69) is 35.4 Å². The van der Waals surface area contributed by atoms with Crippen LogP contribution in [0.1, 0.15) is 33.0 Å². The van der Waals surface area contributed by atoms with Gasteiger partial charge in [0.15, 0.2) is 0 Å². The molecule has 5 nitrogen and oxygen atoms in total. The van der Waals surface area contributed by atoms with Crippen molar-refractivity contribution in [3.05, 3.63) is 5.82 Å². The van der Waals surface area contributed by atoms with E-state index in [1.807, 2.05) is 0 Å². The van der Waals surface area contributed by atoms with E-state index in [1.165, 1.54) is 11.5 Å². The fourth-order valence-electron chi connectivity index (χ4n) is 2.66. The molecule has 0 spiro atoms. The van der Waals surface area contributed by atoms with Crippen LogP contribution in [0.15, 0.2) is 0 Å². The van der Waals surface area contributed by atoms with E-state index in [9.17, 15) is 0 Å². The molecule has 0 aromatic carbocycles. The largest absolute Gasteiger partial charge is 0.376 e. The maximum absolute atomic E-state index is 6.16. The zero-order valence-electron chi connectivity index (χ0n) is 11.0. The highest BCUT2D eigenvalue weighted by Crippen LogP contribution is 2.39. The second-order valence-corrected chi connectivity index (χ2v) is 6.96. The van der Waals surface area contributed by atoms with Crippen LogP contribution >= 0.6 is 11.5 Å². The third kappa shape index (κ3) is 1.92. The topological polar surface area (TPSA) is 73.1 Å². The average Bonchev–Trinajstić information content (AvgIpc) is 2.92. The molecule has 1 aliphatic carbocycles. The zero-order valence-corrected chi connectivity index (χ0v) is 11.8. The molecule has 1 aliphatic heterocycles. The molecule has 1 saturated carbocycles. The molecular weight excluding hydrogens is 248 g/mol. The summed E-state index contributed by atoms with van der Waals surface area (Å²) in [4.78, 5) is 4.54. The predicted octanol–water partition coefficient (Wildman–Crippen LogP) is 1.36. The lowest BCUT2D eigenvalue weighted by molar-refractivity contribution is 0.00536. The van der Waals surface area contributed by atoms with E-state index in [4.69, 9.17) is 10.5 Å². The van der Waals surface area contributed by atoms with Crippen molar-refractivity contribution in [2.24, 2.45) is 11.7 Å². The second-order valence-electron chi connectivity index (χ2n) is 6.21. The van der Waals surface area contributed by atoms with Crippen molar-refractivity contribution in [3.8, 4) is 0 Å². The molecule has 2 aliphatic rings. The van der Waals surface area contributed by atoms with Crippen molar-refractivity contribution in [2.45, 2.75) is 50.8 Å². The fourth-order valence-corrected chi connectivity index (χ4v) is 3.46. The lowest BCUT2D eigenvalue weighted by Crippen LogP contribution is -2.65. The molecule has 4 atom stereocenters. The molecular formula is C12H20N4OS. The van der Waals surface area contributed by atoms with Crippen LogP contribution in [0.4, 0.5) is 5.13 Å². The Labute approximate surface area is 111 Å². The minimum Gasteiger partial charge on any atom is -0.376 e. The van der Waals surface area contributed by atoms with E-state index in [1.54, 1.807) is 0 Å². The van der Waals surface area contributed by atoms with Crippen LogP contribution in [0, 0.1) is 5.92 Å². The van der Waals surface area contributed by atoms with E-state index >= 15 is 0 Å². The molecule has 100 valence electrons. The first-order chi connectivity index (χ1) is 8.47. The third-order valence-electron chi connectivity index (χ3n) is 3.83. The predicted molar refractivity (Wildman–Crippen MR) is 71.8 cm³/mol. The maximum Gasteiger partial charge on any atom is 0.202 e. The number of nitrogens with one attached hydrogen (secondary N) is 1. The summed E-state index contributed by atoms with van der Waals surface area (Å²) in [6, 6.07) is 0.373. The van der Waals surface area contributed by atoms with Crippen LogP contribution in [0.25, 0.3) is 0 Å². The number of fused-ring (bicyclic) bond motifs is 1. The molecule has 3 rings (SSSR count). The average molecular weight is 268 g/mol. The number of aromatic nitrogens is 2. The molecule has 1 aromatic rings. The number of anilines is 1. The molecule has 6 heteroatoms. The van der Waals surface area contributed by atoms with Gasteiger partial charge in [-0.1, -0.05) is 20.8 Å². The first kappa shape index (κ1) is 12.3. The molecule has 3 N–H and O–H groups in total. The summed E-state index contributed by atoms with van der Waals surface area (Å²) in [5.74, 6) is 1.41. The molecule has 1 saturated heterocycles. The first-order valence-corrected chi connectivity index (χ1v) is 7.22. The van der Waals surface area contributed by atoms with Gasteiger partial charge in [0.2, 0.25) is 5.13 Å². The van der Waals surface area contributed by atoms with Gasteiger partial charge in [0.25, 0.3) is 0 Å². The summed E-state index contributed by atoms with van der Waals surface area (Å²) in [5.41, 5.74) is 6.15. The van der Waals surface area contributed by atoms with Crippen molar-refractivity contribution in [1.82, 2.24) is 9.36 Å². The lowest BCUT2D eigenvalue weighted by Gasteiger charge is -2.45. The number of hydrogen-bond acceptors (Lipinski definition) is 6. The molecule has 0 bridgehead atoms. The second kappa shape index (κ2) is 4.15. The van der Waals surface area contributed by atoms with Gasteiger partial charge in [0, 0.05) is 35.5 Å². The van der Waals surface area contributed by atoms with Crippen LogP contribution in [-0.4, -0.2) is 34.2 Å². The molecule has 0 radical (unpaired) electrons. The van der Waals surface area contributed by atoms with Crippen molar-refractivity contribution >= 4 is 16.7 Å². The van der Waals surface area contributed by atoms with Gasteiger partial charge >= 0.3 is 0 Å². The Morgan fingerprint density at radius 1 is 1.44 bits per heavy atom. The quantitative estimate of drug-likeness (QED) is 0.847. The van der Waals surface area contributed by atoms with Crippen LogP contribution in [0.5, 0.6) is 0 Å². The molecule has 2 fully saturated rings. The maximum atomic E-state index is 6.16. The van der Waals surface area contributed by atoms with Crippen LogP contribution in [0.2, 0.25) is 0 Å². The normalized spacial score (nSPS) is 35.1. The van der Waals surface area contributed by atoms with E-state index < -0.39 is 0 Å². The highest BCUT2D eigenvalue weighted by atomic mass is 32.1. The van der Waals surface area contributed by atoms with E-state index in [0.29, 0.717) is 5.92 Å². The van der Waals surface area contributed by atoms with Gasteiger partial charge in [-0.05, 0) is 6.42 Å². The molecule has 2 heterocycles. The smallest absolute Gasteiger partial charge is 0.202 e. The summed E-state index contributed by atoms with van der Waals surface area (Å²) in [7, 11) is 0. The van der Waals surface area contributed by atoms with Crippen molar-refractivity contribution in [2.75, 3.05) is 11.9 Å². The summed E-state index contributed by atoms with van der Waals surface area (Å²) >= 11 is 1.41. The molecule has 0 amide bonds. The van der Waals surface area contributed by atoms with Crippen LogP contribution in [0.3, 0.4) is 0 Å². The van der Waals surface area contributed by atoms with E-state index in [0.717, 1.165) is 24.0 Å². The minimum absolute atomic E-state index is 0.00937. The SMILES string of the molecule is CC(C)(C)c1nsc(NC2C(N)C3CCOC32)n1. The Bertz CT molecular complexity index is 442. The summed E-state index contributed by atoms with van der Waals surface area (Å²) in [6.45, 7) is 7.18. The third-order valence-corrected chi connectivity index (χ3v) is 4.48. The molecule has 4 unspecified atom stereocenters. The number of hydrogen-bond donors (Lipinski definition) is 2. The van der Waals surface area contributed by atoms with Gasteiger partial charge < -0.3 is 15.8 Å². The summed E-state index contributed by atoms with van der Waals surface area (Å²) in [5, 5.41) is 4.24. The number of rotatable bonds is 2. The van der Waals surface area contributed by atoms with Crippen LogP contribution in [-0.2, 0) is 10.2 Å². The van der Waals surface area contributed by atoms with Gasteiger partial charge in [0.1, 0.15) is 5.82 Å². The van der Waals surface area contributed by atoms with E-state index in [-0.39, 0.29) is 23.6 Å². The van der Waals surface area contributed by atoms with Crippen LogP contribution < -0.4 is 11.1 Å². The number of nitrogens with two attached hydrogens (primary N) is 1. The minimum atomic E-state index is -0.00937. The van der Waals surface area contributed by atoms with Crippen molar-refractivity contribution in [3.63, 3.8) is 0 Å². The zero-order chi connectivity index (χ0) is 12.9. The standard InChI is InChI=1S/C12H20N4OS/c1-12(2,3)10-15-11(18-16-10)14-8-7(13)6-4-5-17-9(6)8/h6-9H,4-5,13H2,1-3H3,(H,14,15,16). The Balaban J connectivity index is 1.68. The van der Waals surface area contributed by atoms with Crippen molar-refractivity contribution < 1.29 is 4.74 Å². The summed E-state index contributed by atoms with van der Waals surface area (Å²) < 4.78 is 10.1. The summed E-state index contributed by atoms with van der Waals surface area (Å²) in [6.07, 6.45) is 1.36. The van der Waals surface area contributed by atoms with Gasteiger partial charge in [0.05, 0.1) is 12.1 Å². The molecule has 1 aromatic heterocycles. The van der Waals surface area contributed by atoms with Crippen molar-refractivity contribution in [1.29, 1.82) is 0 Å². The lowest BCUT2D eigenvalue weighted by atomic mass is 9.72. The monoisotopic (exact) mass is 268 g/mol. The highest BCUT2D eigenvalue weighted by Gasteiger charge is 2.52. The van der Waals surface area contributed by atoms with Gasteiger partial charge in [-0.15, -0.1) is 0 Å². The Hall–Kier alpha value is -0.720. The Morgan fingerprint density at radius 3 is 2.89 bits per heavy atom. The first-order valence-electron chi connectivity index (χ1n) is 6.45. The molecule has 18 heavy (non-hydrogen) atoms. The Kier molecular flexibility index (Phi) is 2.84. The highest BCUT2D eigenvalue weighted by molar-refractivity contribution is 7.09. The Morgan fingerprint density at radius 2 is 2.22 bits per heavy atom. The van der Waals surface area contributed by atoms with Gasteiger partial charge in [-0.3, -0.25) is 0 Å².